The molecule has 0 unspecified atom stereocenters. The van der Waals surface area contributed by atoms with Gasteiger partial charge in [-0.2, -0.15) is 0 Å². The van der Waals surface area contributed by atoms with Gasteiger partial charge in [-0.3, -0.25) is 4.79 Å². The Labute approximate surface area is 81.9 Å². The molecule has 13 heavy (non-hydrogen) atoms. The van der Waals surface area contributed by atoms with Crippen LogP contribution in [-0.4, -0.2) is 5.91 Å². The van der Waals surface area contributed by atoms with Crippen molar-refractivity contribution in [2.75, 3.05) is 0 Å². The highest BCUT2D eigenvalue weighted by Gasteiger charge is 2.12. The van der Waals surface area contributed by atoms with Gasteiger partial charge in [0.1, 0.15) is 11.6 Å². The molecular weight excluding hydrogens is 244 g/mol. The van der Waals surface area contributed by atoms with Crippen LogP contribution < -0.4 is 5.73 Å². The lowest BCUT2D eigenvalue weighted by Crippen LogP contribution is -2.14. The van der Waals surface area contributed by atoms with Crippen molar-refractivity contribution in [1.29, 1.82) is 0 Å². The van der Waals surface area contributed by atoms with Crippen LogP contribution in [0.2, 0.25) is 0 Å². The molecule has 0 bridgehead atoms. The van der Waals surface area contributed by atoms with Gasteiger partial charge < -0.3 is 5.73 Å². The Balaban J connectivity index is 3.10. The zero-order valence-corrected chi connectivity index (χ0v) is 8.07. The first-order chi connectivity index (χ1) is 6.02. The van der Waals surface area contributed by atoms with E-state index in [1.165, 1.54) is 6.07 Å². The Morgan fingerprint density at radius 2 is 2.08 bits per heavy atom. The van der Waals surface area contributed by atoms with E-state index in [0.29, 0.717) is 0 Å². The Bertz CT molecular complexity index is 354. The molecule has 2 N–H and O–H groups in total. The second kappa shape index (κ2) is 3.83. The molecule has 0 fully saturated rings. The SMILES string of the molecule is NC(=O)Cc1ccc(F)c(Br)c1F. The van der Waals surface area contributed by atoms with E-state index >= 15 is 0 Å². The van der Waals surface area contributed by atoms with Crippen LogP contribution in [0.5, 0.6) is 0 Å². The molecule has 70 valence electrons. The fourth-order valence-corrected chi connectivity index (χ4v) is 1.28. The van der Waals surface area contributed by atoms with Gasteiger partial charge in [-0.05, 0) is 27.6 Å². The number of benzene rings is 1. The molecule has 0 aromatic heterocycles. The first kappa shape index (κ1) is 10.1. The smallest absolute Gasteiger partial charge is 0.221 e. The van der Waals surface area contributed by atoms with Crippen LogP contribution in [0.15, 0.2) is 16.6 Å². The van der Waals surface area contributed by atoms with Crippen LogP contribution in [0.4, 0.5) is 8.78 Å². The third-order valence-electron chi connectivity index (χ3n) is 1.48. The van der Waals surface area contributed by atoms with Crippen LogP contribution in [-0.2, 0) is 11.2 Å². The molecular formula is C8H6BrF2NO. The average Bonchev–Trinajstić information content (AvgIpc) is 2.06. The molecule has 0 aliphatic heterocycles. The quantitative estimate of drug-likeness (QED) is 0.798. The van der Waals surface area contributed by atoms with Crippen molar-refractivity contribution >= 4 is 21.8 Å². The minimum absolute atomic E-state index is 0.0841. The number of hydrogen-bond donors (Lipinski definition) is 1. The minimum atomic E-state index is -0.779. The van der Waals surface area contributed by atoms with E-state index in [2.05, 4.69) is 15.9 Å². The monoisotopic (exact) mass is 249 g/mol. The Morgan fingerprint density at radius 3 is 2.62 bits per heavy atom. The van der Waals surface area contributed by atoms with E-state index in [1.54, 1.807) is 0 Å². The van der Waals surface area contributed by atoms with Gasteiger partial charge in [0, 0.05) is 0 Å². The number of nitrogens with two attached hydrogens (primary N) is 1. The molecule has 1 aromatic carbocycles. The van der Waals surface area contributed by atoms with E-state index in [9.17, 15) is 13.6 Å². The van der Waals surface area contributed by atoms with Gasteiger partial charge in [-0.25, -0.2) is 8.78 Å². The fourth-order valence-electron chi connectivity index (χ4n) is 0.890. The predicted molar refractivity (Wildman–Crippen MR) is 47.0 cm³/mol. The summed E-state index contributed by atoms with van der Waals surface area (Å²) in [5.41, 5.74) is 4.95. The van der Waals surface area contributed by atoms with Gasteiger partial charge in [0.15, 0.2) is 0 Å². The molecule has 0 saturated carbocycles. The van der Waals surface area contributed by atoms with E-state index in [0.717, 1.165) is 6.07 Å². The summed E-state index contributed by atoms with van der Waals surface area (Å²) >= 11 is 2.72. The van der Waals surface area contributed by atoms with E-state index in [4.69, 9.17) is 5.73 Å². The third kappa shape index (κ3) is 2.24. The van der Waals surface area contributed by atoms with Crippen molar-refractivity contribution < 1.29 is 13.6 Å². The highest BCUT2D eigenvalue weighted by Crippen LogP contribution is 2.22. The largest absolute Gasteiger partial charge is 0.369 e. The Hall–Kier alpha value is -0.970. The van der Waals surface area contributed by atoms with Crippen molar-refractivity contribution in [3.63, 3.8) is 0 Å². The third-order valence-corrected chi connectivity index (χ3v) is 2.21. The number of carbonyl (C=O) groups excluding carboxylic acids is 1. The zero-order valence-electron chi connectivity index (χ0n) is 6.48. The molecule has 1 aromatic rings. The van der Waals surface area contributed by atoms with Crippen molar-refractivity contribution in [3.8, 4) is 0 Å². The molecule has 0 atom stereocenters. The van der Waals surface area contributed by atoms with Crippen LogP contribution in [0.1, 0.15) is 5.56 Å². The van der Waals surface area contributed by atoms with Crippen LogP contribution >= 0.6 is 15.9 Å². The number of carbonyl (C=O) groups is 1. The first-order valence-electron chi connectivity index (χ1n) is 3.43. The second-order valence-electron chi connectivity index (χ2n) is 2.48. The van der Waals surface area contributed by atoms with Crippen LogP contribution in [0, 0.1) is 11.6 Å². The van der Waals surface area contributed by atoms with Gasteiger partial charge in [-0.15, -0.1) is 0 Å². The van der Waals surface area contributed by atoms with Gasteiger partial charge in [0.25, 0.3) is 0 Å². The summed E-state index contributed by atoms with van der Waals surface area (Å²) in [6, 6.07) is 2.27. The Morgan fingerprint density at radius 1 is 1.46 bits per heavy atom. The van der Waals surface area contributed by atoms with Crippen molar-refractivity contribution in [2.24, 2.45) is 5.73 Å². The number of halogens is 3. The number of hydrogen-bond acceptors (Lipinski definition) is 1. The highest BCUT2D eigenvalue weighted by molar-refractivity contribution is 9.10. The molecule has 0 heterocycles. The zero-order chi connectivity index (χ0) is 10.0. The molecule has 0 saturated heterocycles. The first-order valence-corrected chi connectivity index (χ1v) is 4.22. The van der Waals surface area contributed by atoms with E-state index in [1.807, 2.05) is 0 Å². The van der Waals surface area contributed by atoms with Crippen LogP contribution in [0.25, 0.3) is 0 Å². The number of amides is 1. The normalized spacial score (nSPS) is 10.1. The molecule has 0 radical (unpaired) electrons. The maximum Gasteiger partial charge on any atom is 0.221 e. The maximum atomic E-state index is 13.1. The molecule has 0 spiro atoms. The van der Waals surface area contributed by atoms with E-state index in [-0.39, 0.29) is 16.5 Å². The second-order valence-corrected chi connectivity index (χ2v) is 3.27. The summed E-state index contributed by atoms with van der Waals surface area (Å²) in [4.78, 5) is 10.5. The van der Waals surface area contributed by atoms with Gasteiger partial charge in [0.05, 0.1) is 10.9 Å². The molecule has 1 rings (SSSR count). The summed E-state index contributed by atoms with van der Waals surface area (Å²) in [7, 11) is 0. The summed E-state index contributed by atoms with van der Waals surface area (Å²) in [6.45, 7) is 0. The molecule has 0 aliphatic carbocycles. The topological polar surface area (TPSA) is 43.1 Å². The summed E-state index contributed by atoms with van der Waals surface area (Å²) in [5.74, 6) is -2.14. The van der Waals surface area contributed by atoms with Crippen molar-refractivity contribution in [2.45, 2.75) is 6.42 Å². The average molecular weight is 250 g/mol. The highest BCUT2D eigenvalue weighted by atomic mass is 79.9. The number of rotatable bonds is 2. The maximum absolute atomic E-state index is 13.1. The predicted octanol–water partition coefficient (Wildman–Crippen LogP) is 1.76. The molecule has 1 amide bonds. The lowest BCUT2D eigenvalue weighted by Gasteiger charge is -2.02. The molecule has 0 aliphatic rings. The van der Waals surface area contributed by atoms with E-state index < -0.39 is 17.5 Å². The van der Waals surface area contributed by atoms with Crippen LogP contribution in [0.3, 0.4) is 0 Å². The van der Waals surface area contributed by atoms with Gasteiger partial charge >= 0.3 is 0 Å². The number of primary amides is 1. The fraction of sp³-hybridized carbons (Fsp3) is 0.125. The van der Waals surface area contributed by atoms with Crippen molar-refractivity contribution in [1.82, 2.24) is 0 Å². The van der Waals surface area contributed by atoms with Gasteiger partial charge in [0.2, 0.25) is 5.91 Å². The molecule has 2 nitrogen and oxygen atoms in total. The summed E-state index contributed by atoms with van der Waals surface area (Å²) < 4.78 is 25.6. The lowest BCUT2D eigenvalue weighted by molar-refractivity contribution is -0.117. The van der Waals surface area contributed by atoms with Gasteiger partial charge in [-0.1, -0.05) is 6.07 Å². The summed E-state index contributed by atoms with van der Waals surface area (Å²) in [6.07, 6.45) is -0.231. The van der Waals surface area contributed by atoms with Crippen molar-refractivity contribution in [3.05, 3.63) is 33.8 Å². The molecule has 5 heteroatoms. The minimum Gasteiger partial charge on any atom is -0.369 e. The Kier molecular flexibility index (Phi) is 2.98. The standard InChI is InChI=1S/C8H6BrF2NO/c9-7-5(10)2-1-4(8(7)11)3-6(12)13/h1-2H,3H2,(H2,12,13). The summed E-state index contributed by atoms with van der Waals surface area (Å²) in [5, 5.41) is 0. The lowest BCUT2D eigenvalue weighted by atomic mass is 10.1.